The minimum Gasteiger partial charge on any atom is -0.497 e. The summed E-state index contributed by atoms with van der Waals surface area (Å²) < 4.78 is 7.09. The van der Waals surface area contributed by atoms with Crippen molar-refractivity contribution in [1.82, 2.24) is 14.9 Å². The third-order valence-corrected chi connectivity index (χ3v) is 4.27. The van der Waals surface area contributed by atoms with Gasteiger partial charge in [-0.25, -0.2) is 5.10 Å². The van der Waals surface area contributed by atoms with E-state index in [0.29, 0.717) is 20.6 Å². The number of halogens is 2. The van der Waals surface area contributed by atoms with Crippen LogP contribution in [0, 0.1) is 4.77 Å². The zero-order chi connectivity index (χ0) is 17.1. The fourth-order valence-corrected chi connectivity index (χ4v) is 2.53. The molecule has 3 rings (SSSR count). The van der Waals surface area contributed by atoms with Crippen LogP contribution in [0.3, 0.4) is 0 Å². The zero-order valence-corrected chi connectivity index (χ0v) is 14.9. The highest BCUT2D eigenvalue weighted by molar-refractivity contribution is 7.71. The van der Waals surface area contributed by atoms with Gasteiger partial charge in [-0.2, -0.15) is 14.9 Å². The molecule has 8 heteroatoms. The molecule has 2 aromatic carbocycles. The van der Waals surface area contributed by atoms with E-state index in [4.69, 9.17) is 40.2 Å². The minimum atomic E-state index is 0.386. The van der Waals surface area contributed by atoms with E-state index < -0.39 is 0 Å². The Labute approximate surface area is 153 Å². The van der Waals surface area contributed by atoms with Crippen molar-refractivity contribution in [2.45, 2.75) is 0 Å². The Bertz CT molecular complexity index is 947. The van der Waals surface area contributed by atoms with E-state index in [0.717, 1.165) is 16.9 Å². The summed E-state index contributed by atoms with van der Waals surface area (Å²) >= 11 is 17.2. The molecule has 0 aliphatic rings. The topological polar surface area (TPSA) is 55.2 Å². The van der Waals surface area contributed by atoms with Crippen LogP contribution in [0.5, 0.6) is 5.75 Å². The largest absolute Gasteiger partial charge is 0.497 e. The number of aromatic amines is 1. The molecule has 3 aromatic rings. The molecule has 0 saturated heterocycles. The highest BCUT2D eigenvalue weighted by atomic mass is 35.5. The molecule has 0 atom stereocenters. The van der Waals surface area contributed by atoms with Crippen molar-refractivity contribution in [3.8, 4) is 17.1 Å². The Kier molecular flexibility index (Phi) is 4.99. The summed E-state index contributed by atoms with van der Waals surface area (Å²) in [7, 11) is 1.62. The molecule has 1 heterocycles. The van der Waals surface area contributed by atoms with Gasteiger partial charge in [-0.1, -0.05) is 29.3 Å². The van der Waals surface area contributed by atoms with Crippen LogP contribution in [0.25, 0.3) is 11.4 Å². The summed E-state index contributed by atoms with van der Waals surface area (Å²) in [5.74, 6) is 1.36. The minimum absolute atomic E-state index is 0.386. The van der Waals surface area contributed by atoms with Gasteiger partial charge in [0.05, 0.1) is 23.4 Å². The van der Waals surface area contributed by atoms with E-state index >= 15 is 0 Å². The number of H-pyrrole nitrogens is 1. The van der Waals surface area contributed by atoms with Crippen LogP contribution in [0.15, 0.2) is 47.6 Å². The summed E-state index contributed by atoms with van der Waals surface area (Å²) in [6.07, 6.45) is 1.64. The van der Waals surface area contributed by atoms with Gasteiger partial charge >= 0.3 is 0 Å². The highest BCUT2D eigenvalue weighted by Crippen LogP contribution is 2.23. The van der Waals surface area contributed by atoms with Crippen molar-refractivity contribution < 1.29 is 4.74 Å². The van der Waals surface area contributed by atoms with Crippen molar-refractivity contribution in [3.63, 3.8) is 0 Å². The van der Waals surface area contributed by atoms with E-state index in [2.05, 4.69) is 15.3 Å². The lowest BCUT2D eigenvalue weighted by Crippen LogP contribution is -1.95. The van der Waals surface area contributed by atoms with Crippen molar-refractivity contribution in [2.75, 3.05) is 7.11 Å². The number of nitrogens with one attached hydrogen (secondary N) is 1. The second-order valence-corrected chi connectivity index (χ2v) is 6.01. The fourth-order valence-electron chi connectivity index (χ4n) is 2.04. The molecular weight excluding hydrogens is 367 g/mol. The first-order valence-electron chi connectivity index (χ1n) is 6.90. The number of hydrogen-bond acceptors (Lipinski definition) is 4. The Morgan fingerprint density at radius 2 is 1.92 bits per heavy atom. The van der Waals surface area contributed by atoms with Gasteiger partial charge in [-0.05, 0) is 54.2 Å². The first-order valence-corrected chi connectivity index (χ1v) is 8.06. The zero-order valence-electron chi connectivity index (χ0n) is 12.5. The van der Waals surface area contributed by atoms with Gasteiger partial charge in [0.25, 0.3) is 0 Å². The number of ether oxygens (including phenoxy) is 1. The van der Waals surface area contributed by atoms with Crippen LogP contribution >= 0.6 is 35.4 Å². The summed E-state index contributed by atoms with van der Waals surface area (Å²) in [5, 5.41) is 12.3. The number of benzene rings is 2. The lowest BCUT2D eigenvalue weighted by Gasteiger charge is -2.03. The Morgan fingerprint density at radius 3 is 2.58 bits per heavy atom. The summed E-state index contributed by atoms with van der Waals surface area (Å²) in [5.41, 5.74) is 1.66. The van der Waals surface area contributed by atoms with Crippen LogP contribution < -0.4 is 4.74 Å². The van der Waals surface area contributed by atoms with E-state index in [1.54, 1.807) is 30.1 Å². The van der Waals surface area contributed by atoms with E-state index in [-0.39, 0.29) is 0 Å². The van der Waals surface area contributed by atoms with Gasteiger partial charge < -0.3 is 4.74 Å². The predicted molar refractivity (Wildman–Crippen MR) is 98.9 cm³/mol. The lowest BCUT2D eigenvalue weighted by molar-refractivity contribution is 0.415. The second-order valence-electron chi connectivity index (χ2n) is 4.81. The second kappa shape index (κ2) is 7.17. The molecule has 0 bridgehead atoms. The molecule has 0 amide bonds. The van der Waals surface area contributed by atoms with Crippen LogP contribution in [-0.4, -0.2) is 28.2 Å². The maximum Gasteiger partial charge on any atom is 0.216 e. The molecule has 122 valence electrons. The number of rotatable bonds is 4. The predicted octanol–water partition coefficient (Wildman–Crippen LogP) is 4.81. The molecule has 0 spiro atoms. The SMILES string of the molecule is COc1ccc(-c2n[nH]c(=S)n2/N=C\c2ccc(Cl)c(Cl)c2)cc1. The molecule has 5 nitrogen and oxygen atoms in total. The number of methoxy groups -OCH3 is 1. The van der Waals surface area contributed by atoms with Gasteiger partial charge in [-0.3, -0.25) is 0 Å². The maximum absolute atomic E-state index is 6.01. The van der Waals surface area contributed by atoms with Crippen LogP contribution in [0.2, 0.25) is 10.0 Å². The van der Waals surface area contributed by atoms with Gasteiger partial charge in [0.2, 0.25) is 4.77 Å². The molecule has 0 saturated carbocycles. The standard InChI is InChI=1S/C16H12Cl2N4OS/c1-23-12-5-3-11(4-6-12)15-20-21-16(24)22(15)19-9-10-2-7-13(17)14(18)8-10/h2-9H,1H3,(H,21,24)/b19-9-. The molecule has 1 aromatic heterocycles. The Balaban J connectivity index is 1.96. The normalized spacial score (nSPS) is 11.1. The quantitative estimate of drug-likeness (QED) is 0.523. The summed E-state index contributed by atoms with van der Waals surface area (Å²) in [6, 6.07) is 12.7. The third kappa shape index (κ3) is 3.51. The third-order valence-electron chi connectivity index (χ3n) is 3.26. The van der Waals surface area contributed by atoms with E-state index in [9.17, 15) is 0 Å². The van der Waals surface area contributed by atoms with Gasteiger partial charge in [0.1, 0.15) is 5.75 Å². The van der Waals surface area contributed by atoms with Crippen LogP contribution in [0.4, 0.5) is 0 Å². The monoisotopic (exact) mass is 378 g/mol. The first kappa shape index (κ1) is 16.7. The van der Waals surface area contributed by atoms with Gasteiger partial charge in [0, 0.05) is 5.56 Å². The smallest absolute Gasteiger partial charge is 0.216 e. The average Bonchev–Trinajstić information content (AvgIpc) is 2.97. The molecule has 0 fully saturated rings. The summed E-state index contributed by atoms with van der Waals surface area (Å²) in [6.45, 7) is 0. The molecule has 1 N–H and O–H groups in total. The molecule has 0 unspecified atom stereocenters. The maximum atomic E-state index is 6.01. The van der Waals surface area contributed by atoms with Crippen molar-refractivity contribution in [2.24, 2.45) is 5.10 Å². The molecular formula is C16H12Cl2N4OS. The molecule has 0 aliphatic heterocycles. The first-order chi connectivity index (χ1) is 11.6. The molecule has 0 aliphatic carbocycles. The van der Waals surface area contributed by atoms with Gasteiger partial charge in [0.15, 0.2) is 5.82 Å². The van der Waals surface area contributed by atoms with Crippen molar-refractivity contribution in [1.29, 1.82) is 0 Å². The van der Waals surface area contributed by atoms with Crippen molar-refractivity contribution in [3.05, 3.63) is 62.8 Å². The van der Waals surface area contributed by atoms with Crippen molar-refractivity contribution >= 4 is 41.6 Å². The number of hydrogen-bond donors (Lipinski definition) is 1. The number of aromatic nitrogens is 3. The summed E-state index contributed by atoms with van der Waals surface area (Å²) in [4.78, 5) is 0. The van der Waals surface area contributed by atoms with Crippen LogP contribution in [-0.2, 0) is 0 Å². The lowest BCUT2D eigenvalue weighted by atomic mass is 10.2. The highest BCUT2D eigenvalue weighted by Gasteiger charge is 2.08. The molecule has 0 radical (unpaired) electrons. The van der Waals surface area contributed by atoms with Gasteiger partial charge in [-0.15, -0.1) is 0 Å². The Morgan fingerprint density at radius 1 is 1.17 bits per heavy atom. The fraction of sp³-hybridized carbons (Fsp3) is 0.0625. The van der Waals surface area contributed by atoms with E-state index in [1.165, 1.54) is 0 Å². The number of nitrogens with zero attached hydrogens (tertiary/aromatic N) is 3. The average molecular weight is 379 g/mol. The van der Waals surface area contributed by atoms with Crippen LogP contribution in [0.1, 0.15) is 5.56 Å². The molecule has 24 heavy (non-hydrogen) atoms. The Hall–Kier alpha value is -2.15. The van der Waals surface area contributed by atoms with E-state index in [1.807, 2.05) is 30.3 Å².